The van der Waals surface area contributed by atoms with Crippen LogP contribution >= 0.6 is 0 Å². The molecule has 0 saturated carbocycles. The summed E-state index contributed by atoms with van der Waals surface area (Å²) in [5.41, 5.74) is 2.83. The Bertz CT molecular complexity index is 1130. The molecule has 0 amide bonds. The Morgan fingerprint density at radius 3 is 2.44 bits per heavy atom. The fourth-order valence-electron chi connectivity index (χ4n) is 3.55. The molecule has 0 heterocycles. The van der Waals surface area contributed by atoms with Crippen molar-refractivity contribution in [3.05, 3.63) is 77.6 Å². The molecule has 5 nitrogen and oxygen atoms in total. The van der Waals surface area contributed by atoms with Gasteiger partial charge in [0, 0.05) is 11.1 Å². The average Bonchev–Trinajstić information content (AvgIpc) is 2.81. The molecule has 0 saturated heterocycles. The molecule has 1 atom stereocenters. The molecule has 0 aliphatic rings. The average molecular weight is 467 g/mol. The van der Waals surface area contributed by atoms with Gasteiger partial charge in [-0.05, 0) is 59.4 Å². The second-order valence-electron chi connectivity index (χ2n) is 8.74. The van der Waals surface area contributed by atoms with Crippen LogP contribution in [0.2, 0.25) is 0 Å². The normalized spacial score (nSPS) is 11.8. The summed E-state index contributed by atoms with van der Waals surface area (Å²) in [7, 11) is 1.55. The third-order valence-electron chi connectivity index (χ3n) is 5.40. The highest BCUT2D eigenvalue weighted by Crippen LogP contribution is 2.35. The van der Waals surface area contributed by atoms with Gasteiger partial charge in [-0.3, -0.25) is 4.79 Å². The number of carboxylic acid groups (broad SMARTS) is 1. The predicted octanol–water partition coefficient (Wildman–Crippen LogP) is 6.69. The minimum absolute atomic E-state index is 0.0578. The Balaban J connectivity index is 1.83. The highest BCUT2D eigenvalue weighted by molar-refractivity contribution is 5.72. The first-order valence-electron chi connectivity index (χ1n) is 11.3. The Kier molecular flexibility index (Phi) is 8.52. The lowest BCUT2D eigenvalue weighted by Gasteiger charge is -2.17. The number of halogens is 1. The molecular formula is C28H31FO5. The van der Waals surface area contributed by atoms with Crippen molar-refractivity contribution < 1.29 is 28.5 Å². The summed E-state index contributed by atoms with van der Waals surface area (Å²) in [5, 5.41) is 9.05. The van der Waals surface area contributed by atoms with Crippen LogP contribution in [0.5, 0.6) is 17.2 Å². The molecular weight excluding hydrogens is 435 g/mol. The molecule has 0 spiro atoms. The summed E-state index contributed by atoms with van der Waals surface area (Å²) in [5.74, 6) is 0.795. The molecule has 0 aliphatic heterocycles. The van der Waals surface area contributed by atoms with Gasteiger partial charge in [0.1, 0.15) is 29.7 Å². The fourth-order valence-corrected chi connectivity index (χ4v) is 3.55. The van der Waals surface area contributed by atoms with Crippen molar-refractivity contribution in [2.45, 2.75) is 39.7 Å². The maximum atomic E-state index is 14.7. The minimum atomic E-state index is -0.833. The van der Waals surface area contributed by atoms with Crippen LogP contribution in [0, 0.1) is 11.7 Å². The lowest BCUT2D eigenvalue weighted by Crippen LogP contribution is -2.07. The van der Waals surface area contributed by atoms with Crippen molar-refractivity contribution in [2.24, 2.45) is 5.92 Å². The van der Waals surface area contributed by atoms with Crippen LogP contribution in [0.4, 0.5) is 4.39 Å². The second kappa shape index (κ2) is 11.5. The summed E-state index contributed by atoms with van der Waals surface area (Å²) >= 11 is 0. The molecule has 0 fully saturated rings. The Labute approximate surface area is 200 Å². The minimum Gasteiger partial charge on any atom is -0.497 e. The van der Waals surface area contributed by atoms with Crippen molar-refractivity contribution in [1.82, 2.24) is 0 Å². The number of ether oxygens (including phenoxy) is 3. The summed E-state index contributed by atoms with van der Waals surface area (Å²) in [6, 6.07) is 17.7. The number of hydrogen-bond acceptors (Lipinski definition) is 4. The van der Waals surface area contributed by atoms with E-state index in [1.165, 1.54) is 6.07 Å². The van der Waals surface area contributed by atoms with Crippen LogP contribution in [-0.4, -0.2) is 24.8 Å². The molecule has 0 unspecified atom stereocenters. The molecule has 3 aromatic rings. The lowest BCUT2D eigenvalue weighted by molar-refractivity contribution is -0.137. The van der Waals surface area contributed by atoms with Gasteiger partial charge in [-0.1, -0.05) is 45.0 Å². The monoisotopic (exact) mass is 466 g/mol. The number of methoxy groups -OCH3 is 1. The second-order valence-corrected chi connectivity index (χ2v) is 8.74. The van der Waals surface area contributed by atoms with Crippen LogP contribution in [0.3, 0.4) is 0 Å². The lowest BCUT2D eigenvalue weighted by atomic mass is 9.98. The first-order chi connectivity index (χ1) is 16.3. The molecule has 0 radical (unpaired) electrons. The molecule has 3 aromatic carbocycles. The standard InChI is InChI=1S/C28H31FO5/c1-18(2)16-34-27-13-20(8-10-24(27)25-15-22(32-4)9-11-26(25)29)17-33-23-7-5-6-21(14-23)19(3)12-28(30)31/h5-11,13-15,18-19H,12,16-17H2,1-4H3,(H,30,31)/t19-/m1/s1. The number of rotatable bonds is 11. The topological polar surface area (TPSA) is 65.0 Å². The van der Waals surface area contributed by atoms with Gasteiger partial charge >= 0.3 is 5.97 Å². The Morgan fingerprint density at radius 1 is 0.941 bits per heavy atom. The van der Waals surface area contributed by atoms with Crippen LogP contribution < -0.4 is 14.2 Å². The van der Waals surface area contributed by atoms with Gasteiger partial charge < -0.3 is 19.3 Å². The van der Waals surface area contributed by atoms with E-state index < -0.39 is 5.97 Å². The van der Waals surface area contributed by atoms with E-state index in [0.717, 1.165) is 11.1 Å². The van der Waals surface area contributed by atoms with Crippen LogP contribution in [0.15, 0.2) is 60.7 Å². The number of benzene rings is 3. The number of carbonyl (C=O) groups is 1. The highest BCUT2D eigenvalue weighted by atomic mass is 19.1. The predicted molar refractivity (Wildman–Crippen MR) is 130 cm³/mol. The molecule has 34 heavy (non-hydrogen) atoms. The van der Waals surface area contributed by atoms with Gasteiger partial charge in [-0.25, -0.2) is 4.39 Å². The van der Waals surface area contributed by atoms with E-state index in [0.29, 0.717) is 40.9 Å². The van der Waals surface area contributed by atoms with Gasteiger partial charge in [0.2, 0.25) is 0 Å². The van der Waals surface area contributed by atoms with Crippen LogP contribution in [0.1, 0.15) is 44.2 Å². The van der Waals surface area contributed by atoms with Gasteiger partial charge in [0.25, 0.3) is 0 Å². The van der Waals surface area contributed by atoms with Crippen LogP contribution in [0.25, 0.3) is 11.1 Å². The maximum absolute atomic E-state index is 14.7. The van der Waals surface area contributed by atoms with Crippen LogP contribution in [-0.2, 0) is 11.4 Å². The van der Waals surface area contributed by atoms with Crippen molar-refractivity contribution in [3.8, 4) is 28.4 Å². The smallest absolute Gasteiger partial charge is 0.303 e. The molecule has 3 rings (SSSR count). The van der Waals surface area contributed by atoms with E-state index in [1.54, 1.807) is 19.2 Å². The van der Waals surface area contributed by atoms with Gasteiger partial charge in [-0.2, -0.15) is 0 Å². The van der Waals surface area contributed by atoms with Gasteiger partial charge in [-0.15, -0.1) is 0 Å². The van der Waals surface area contributed by atoms with E-state index in [9.17, 15) is 9.18 Å². The maximum Gasteiger partial charge on any atom is 0.303 e. The summed E-state index contributed by atoms with van der Waals surface area (Å²) in [4.78, 5) is 11.0. The van der Waals surface area contributed by atoms with Gasteiger partial charge in [0.15, 0.2) is 0 Å². The molecule has 0 bridgehead atoms. The number of carboxylic acids is 1. The summed E-state index contributed by atoms with van der Waals surface area (Å²) in [6.45, 7) is 6.76. The molecule has 1 N–H and O–H groups in total. The zero-order valence-electron chi connectivity index (χ0n) is 20.0. The molecule has 180 valence electrons. The first kappa shape index (κ1) is 25.1. The van der Waals surface area contributed by atoms with Crippen molar-refractivity contribution in [1.29, 1.82) is 0 Å². The molecule has 6 heteroatoms. The van der Waals surface area contributed by atoms with E-state index in [2.05, 4.69) is 13.8 Å². The van der Waals surface area contributed by atoms with E-state index >= 15 is 0 Å². The zero-order valence-corrected chi connectivity index (χ0v) is 20.0. The summed E-state index contributed by atoms with van der Waals surface area (Å²) in [6.07, 6.45) is 0.0578. The Morgan fingerprint density at radius 2 is 1.74 bits per heavy atom. The third-order valence-corrected chi connectivity index (χ3v) is 5.40. The first-order valence-corrected chi connectivity index (χ1v) is 11.3. The van der Waals surface area contributed by atoms with Crippen molar-refractivity contribution >= 4 is 5.97 Å². The number of hydrogen-bond donors (Lipinski definition) is 1. The number of aliphatic carboxylic acids is 1. The SMILES string of the molecule is COc1ccc(F)c(-c2ccc(COc3cccc([C@H](C)CC(=O)O)c3)cc2OCC(C)C)c1. The molecule has 0 aliphatic carbocycles. The summed E-state index contributed by atoms with van der Waals surface area (Å²) < 4.78 is 31.9. The fraction of sp³-hybridized carbons (Fsp3) is 0.321. The van der Waals surface area contributed by atoms with Crippen molar-refractivity contribution in [3.63, 3.8) is 0 Å². The van der Waals surface area contributed by atoms with Crippen molar-refractivity contribution in [2.75, 3.05) is 13.7 Å². The van der Waals surface area contributed by atoms with E-state index in [-0.39, 0.29) is 24.8 Å². The Hall–Kier alpha value is -3.54. The molecule has 0 aromatic heterocycles. The van der Waals surface area contributed by atoms with Gasteiger partial charge in [0.05, 0.1) is 20.1 Å². The van der Waals surface area contributed by atoms with E-state index in [1.807, 2.05) is 49.4 Å². The zero-order chi connectivity index (χ0) is 24.7. The largest absolute Gasteiger partial charge is 0.497 e. The third kappa shape index (κ3) is 6.73. The highest BCUT2D eigenvalue weighted by Gasteiger charge is 2.15. The quantitative estimate of drug-likeness (QED) is 0.341. The van der Waals surface area contributed by atoms with E-state index in [4.69, 9.17) is 19.3 Å².